The van der Waals surface area contributed by atoms with Crippen molar-refractivity contribution in [1.82, 2.24) is 0 Å². The van der Waals surface area contributed by atoms with Crippen LogP contribution >= 0.6 is 34.8 Å². The van der Waals surface area contributed by atoms with Crippen molar-refractivity contribution in [1.29, 1.82) is 0 Å². The van der Waals surface area contributed by atoms with Crippen LogP contribution in [0, 0.1) is 5.92 Å². The van der Waals surface area contributed by atoms with Gasteiger partial charge in [-0.1, -0.05) is 37.0 Å². The Labute approximate surface area is 186 Å². The first-order valence-corrected chi connectivity index (χ1v) is 11.8. The van der Waals surface area contributed by atoms with Crippen LogP contribution in [0.15, 0.2) is 46.2 Å². The maximum atomic E-state index is 12.9. The lowest BCUT2D eigenvalue weighted by atomic mass is 10.2. The van der Waals surface area contributed by atoms with Crippen molar-refractivity contribution in [3.63, 3.8) is 0 Å². The van der Waals surface area contributed by atoms with Crippen molar-refractivity contribution in [2.45, 2.75) is 36.2 Å². The molecule has 0 spiro atoms. The van der Waals surface area contributed by atoms with E-state index in [2.05, 4.69) is 0 Å². The number of ether oxygens (including phenoxy) is 2. The van der Waals surface area contributed by atoms with Crippen LogP contribution in [0.3, 0.4) is 0 Å². The van der Waals surface area contributed by atoms with E-state index < -0.39 is 15.9 Å². The summed E-state index contributed by atoms with van der Waals surface area (Å²) < 4.78 is 36.9. The summed E-state index contributed by atoms with van der Waals surface area (Å²) in [7, 11) is -3.84. The molecule has 2 aromatic carbocycles. The number of benzene rings is 2. The summed E-state index contributed by atoms with van der Waals surface area (Å²) in [6, 6.07) is 8.54. The standard InChI is InChI=1S/C20H23Cl3O5S/c1-3-14(24)12-27-15-4-6-16(7-5-15)29(25,26)17-8-18(22)20(19(23)9-17)28-11-13(2)10-21/h4-9,13-14,24H,3,10-12H2,1-2H3/t13-,14-/m0/s1. The number of sulfone groups is 1. The average Bonchev–Trinajstić information content (AvgIpc) is 2.71. The summed E-state index contributed by atoms with van der Waals surface area (Å²) in [5, 5.41) is 9.75. The van der Waals surface area contributed by atoms with E-state index in [1.54, 1.807) is 0 Å². The fraction of sp³-hybridized carbons (Fsp3) is 0.400. The molecule has 29 heavy (non-hydrogen) atoms. The molecule has 1 N–H and O–H groups in total. The molecular weight excluding hydrogens is 459 g/mol. The van der Waals surface area contributed by atoms with Crippen LogP contribution in [0.1, 0.15) is 20.3 Å². The molecular formula is C20H23Cl3O5S. The minimum absolute atomic E-state index is 0.0414. The highest BCUT2D eigenvalue weighted by Crippen LogP contribution is 2.37. The summed E-state index contributed by atoms with van der Waals surface area (Å²) >= 11 is 18.2. The molecule has 0 amide bonds. The number of rotatable bonds is 10. The zero-order valence-corrected chi connectivity index (χ0v) is 19.2. The summed E-state index contributed by atoms with van der Waals surface area (Å²) in [6.45, 7) is 4.19. The van der Waals surface area contributed by atoms with E-state index in [4.69, 9.17) is 44.3 Å². The third-order valence-electron chi connectivity index (χ3n) is 4.11. The molecule has 2 aromatic rings. The van der Waals surface area contributed by atoms with Gasteiger partial charge in [0.15, 0.2) is 5.75 Å². The van der Waals surface area contributed by atoms with Gasteiger partial charge in [-0.25, -0.2) is 8.42 Å². The first-order chi connectivity index (χ1) is 13.7. The van der Waals surface area contributed by atoms with Crippen LogP contribution in [-0.2, 0) is 9.84 Å². The normalized spacial score (nSPS) is 13.7. The Bertz CT molecular complexity index is 893. The van der Waals surface area contributed by atoms with Crippen LogP contribution in [0.5, 0.6) is 11.5 Å². The monoisotopic (exact) mass is 480 g/mol. The van der Waals surface area contributed by atoms with Crippen molar-refractivity contribution >= 4 is 44.6 Å². The summed E-state index contributed by atoms with van der Waals surface area (Å²) in [6.07, 6.45) is -0.00535. The fourth-order valence-electron chi connectivity index (χ4n) is 2.26. The van der Waals surface area contributed by atoms with Gasteiger partial charge in [-0.2, -0.15) is 0 Å². The smallest absolute Gasteiger partial charge is 0.206 e. The largest absolute Gasteiger partial charge is 0.491 e. The molecule has 0 saturated carbocycles. The maximum absolute atomic E-state index is 12.9. The van der Waals surface area contributed by atoms with Gasteiger partial charge in [0, 0.05) is 11.8 Å². The van der Waals surface area contributed by atoms with Crippen LogP contribution in [-0.4, -0.2) is 38.7 Å². The Morgan fingerprint density at radius 3 is 2.10 bits per heavy atom. The highest BCUT2D eigenvalue weighted by molar-refractivity contribution is 7.91. The second-order valence-corrected chi connectivity index (χ2v) is 9.71. The highest BCUT2D eigenvalue weighted by atomic mass is 35.5. The van der Waals surface area contributed by atoms with E-state index in [1.807, 2.05) is 13.8 Å². The molecule has 0 heterocycles. The van der Waals surface area contributed by atoms with Gasteiger partial charge in [0.25, 0.3) is 0 Å². The molecule has 0 radical (unpaired) electrons. The van der Waals surface area contributed by atoms with Crippen molar-refractivity contribution in [2.24, 2.45) is 5.92 Å². The van der Waals surface area contributed by atoms with Crippen LogP contribution < -0.4 is 9.47 Å². The van der Waals surface area contributed by atoms with E-state index >= 15 is 0 Å². The first-order valence-electron chi connectivity index (χ1n) is 9.02. The molecule has 2 rings (SSSR count). The third kappa shape index (κ3) is 6.40. The molecule has 2 atom stereocenters. The molecule has 0 aliphatic rings. The molecule has 160 valence electrons. The first kappa shape index (κ1) is 24.1. The van der Waals surface area contributed by atoms with Crippen molar-refractivity contribution in [3.8, 4) is 11.5 Å². The maximum Gasteiger partial charge on any atom is 0.206 e. The lowest BCUT2D eigenvalue weighted by molar-refractivity contribution is 0.104. The zero-order chi connectivity index (χ0) is 21.6. The predicted molar refractivity (Wildman–Crippen MR) is 116 cm³/mol. The van der Waals surface area contributed by atoms with E-state index in [0.717, 1.165) is 0 Å². The van der Waals surface area contributed by atoms with Gasteiger partial charge in [0.2, 0.25) is 9.84 Å². The average molecular weight is 482 g/mol. The summed E-state index contributed by atoms with van der Waals surface area (Å²) in [4.78, 5) is 0.0257. The van der Waals surface area contributed by atoms with Gasteiger partial charge in [0.1, 0.15) is 12.4 Å². The summed E-state index contributed by atoms with van der Waals surface area (Å²) in [5.74, 6) is 1.19. The van der Waals surface area contributed by atoms with Gasteiger partial charge < -0.3 is 14.6 Å². The van der Waals surface area contributed by atoms with Gasteiger partial charge in [-0.3, -0.25) is 0 Å². The van der Waals surface area contributed by atoms with E-state index in [0.29, 0.717) is 24.7 Å². The van der Waals surface area contributed by atoms with Gasteiger partial charge in [-0.15, -0.1) is 11.6 Å². The van der Waals surface area contributed by atoms with Crippen molar-refractivity contribution in [2.75, 3.05) is 19.1 Å². The van der Waals surface area contributed by atoms with E-state index in [-0.39, 0.29) is 38.1 Å². The lowest BCUT2D eigenvalue weighted by Crippen LogP contribution is -2.16. The Hall–Kier alpha value is -1.18. The van der Waals surface area contributed by atoms with Crippen LogP contribution in [0.4, 0.5) is 0 Å². The molecule has 0 aromatic heterocycles. The van der Waals surface area contributed by atoms with E-state index in [9.17, 15) is 13.5 Å². The third-order valence-corrected chi connectivity index (χ3v) is 6.94. The number of aliphatic hydroxyl groups excluding tert-OH is 1. The Kier molecular flexibility index (Phi) is 8.91. The second kappa shape index (κ2) is 10.7. The number of hydrogen-bond acceptors (Lipinski definition) is 5. The number of halogens is 3. The minimum Gasteiger partial charge on any atom is -0.491 e. The minimum atomic E-state index is -3.84. The highest BCUT2D eigenvalue weighted by Gasteiger charge is 2.22. The molecule has 0 bridgehead atoms. The molecule has 0 aliphatic carbocycles. The molecule has 5 nitrogen and oxygen atoms in total. The topological polar surface area (TPSA) is 72.8 Å². The van der Waals surface area contributed by atoms with Crippen molar-refractivity contribution in [3.05, 3.63) is 46.4 Å². The molecule has 0 aliphatic heterocycles. The summed E-state index contributed by atoms with van der Waals surface area (Å²) in [5.41, 5.74) is 0. The predicted octanol–water partition coefficient (Wildman–Crippen LogP) is 5.23. The van der Waals surface area contributed by atoms with E-state index in [1.165, 1.54) is 36.4 Å². The Morgan fingerprint density at radius 2 is 1.59 bits per heavy atom. The number of alkyl halides is 1. The zero-order valence-electron chi connectivity index (χ0n) is 16.1. The molecule has 0 fully saturated rings. The van der Waals surface area contributed by atoms with Crippen LogP contribution in [0.2, 0.25) is 10.0 Å². The number of aliphatic hydroxyl groups is 1. The van der Waals surface area contributed by atoms with Gasteiger partial charge >= 0.3 is 0 Å². The SMILES string of the molecule is CC[C@H](O)COc1ccc(S(=O)(=O)c2cc(Cl)c(OC[C@@H](C)CCl)c(Cl)c2)cc1. The van der Waals surface area contributed by atoms with Crippen LogP contribution in [0.25, 0.3) is 0 Å². The van der Waals surface area contributed by atoms with Gasteiger partial charge in [-0.05, 0) is 42.8 Å². The lowest BCUT2D eigenvalue weighted by Gasteiger charge is -2.15. The van der Waals surface area contributed by atoms with Crippen molar-refractivity contribution < 1.29 is 23.0 Å². The Balaban J connectivity index is 2.22. The second-order valence-electron chi connectivity index (χ2n) is 6.63. The molecule has 0 unspecified atom stereocenters. The number of hydrogen-bond donors (Lipinski definition) is 1. The molecule has 9 heteroatoms. The fourth-order valence-corrected chi connectivity index (χ4v) is 4.39. The molecule has 0 saturated heterocycles. The quantitative estimate of drug-likeness (QED) is 0.470. The van der Waals surface area contributed by atoms with Gasteiger partial charge in [0.05, 0.1) is 32.5 Å². The Morgan fingerprint density at radius 1 is 1.00 bits per heavy atom.